The number of pyridine rings is 1. The predicted molar refractivity (Wildman–Crippen MR) is 102 cm³/mol. The minimum absolute atomic E-state index is 0.116. The number of hydrogen-bond acceptors (Lipinski definition) is 5. The van der Waals surface area contributed by atoms with Crippen LogP contribution < -0.4 is 5.32 Å². The first-order valence-corrected chi connectivity index (χ1v) is 8.22. The number of rotatable bonds is 5. The van der Waals surface area contributed by atoms with Crippen LogP contribution in [-0.4, -0.2) is 20.9 Å². The van der Waals surface area contributed by atoms with Gasteiger partial charge >= 0.3 is 0 Å². The zero-order valence-electron chi connectivity index (χ0n) is 14.5. The maximum atomic E-state index is 11.7. The van der Waals surface area contributed by atoms with Crippen molar-refractivity contribution < 1.29 is 14.8 Å². The van der Waals surface area contributed by atoms with E-state index in [4.69, 9.17) is 0 Å². The van der Waals surface area contributed by atoms with Gasteiger partial charge < -0.3 is 10.4 Å². The fraction of sp³-hybridized carbons (Fsp3) is 0.100. The van der Waals surface area contributed by atoms with Gasteiger partial charge in [-0.3, -0.25) is 19.9 Å². The average molecular weight is 363 g/mol. The summed E-state index contributed by atoms with van der Waals surface area (Å²) in [6.07, 6.45) is 4.89. The van der Waals surface area contributed by atoms with Crippen molar-refractivity contribution in [1.29, 1.82) is 0 Å². The number of nitro groups is 1. The van der Waals surface area contributed by atoms with E-state index in [1.54, 1.807) is 18.2 Å². The molecule has 1 heterocycles. The lowest BCUT2D eigenvalue weighted by Crippen LogP contribution is -2.24. The Morgan fingerprint density at radius 2 is 2.00 bits per heavy atom. The van der Waals surface area contributed by atoms with Crippen LogP contribution >= 0.6 is 0 Å². The van der Waals surface area contributed by atoms with Crippen LogP contribution in [0.4, 0.5) is 5.69 Å². The number of nitrogens with one attached hydrogen (secondary N) is 1. The number of nitrogens with zero attached hydrogens (tertiary/aromatic N) is 2. The molecule has 0 saturated heterocycles. The van der Waals surface area contributed by atoms with E-state index in [1.807, 2.05) is 30.3 Å². The Bertz CT molecular complexity index is 1030. The number of hydrogen-bond donors (Lipinski definition) is 2. The summed E-state index contributed by atoms with van der Waals surface area (Å²) in [4.78, 5) is 26.7. The van der Waals surface area contributed by atoms with Gasteiger partial charge in [0.05, 0.1) is 16.4 Å². The predicted octanol–water partition coefficient (Wildman–Crippen LogP) is 3.74. The number of phenols is 1. The highest BCUT2D eigenvalue weighted by atomic mass is 16.6. The molecule has 0 aliphatic heterocycles. The smallest absolute Gasteiger partial charge is 0.279 e. The molecule has 1 amide bonds. The van der Waals surface area contributed by atoms with Crippen LogP contribution in [0, 0.1) is 10.1 Å². The zero-order valence-corrected chi connectivity index (χ0v) is 14.5. The van der Waals surface area contributed by atoms with E-state index in [-0.39, 0.29) is 33.8 Å². The lowest BCUT2D eigenvalue weighted by atomic mass is 10.00. The minimum Gasteiger partial charge on any atom is -0.505 e. The molecule has 0 spiro atoms. The third-order valence-electron chi connectivity index (χ3n) is 4.04. The maximum Gasteiger partial charge on any atom is 0.279 e. The van der Waals surface area contributed by atoms with Crippen molar-refractivity contribution in [3.63, 3.8) is 0 Å². The average Bonchev–Trinajstić information content (AvgIpc) is 2.66. The van der Waals surface area contributed by atoms with Crippen LogP contribution in [0.15, 0.2) is 60.8 Å². The Labute approximate surface area is 155 Å². The molecule has 2 aromatic carbocycles. The Morgan fingerprint density at radius 3 is 2.67 bits per heavy atom. The lowest BCUT2D eigenvalue weighted by Gasteiger charge is -2.17. The summed E-state index contributed by atoms with van der Waals surface area (Å²) in [5, 5.41) is 25.1. The molecule has 7 nitrogen and oxygen atoms in total. The number of amides is 1. The number of benzene rings is 2. The lowest BCUT2D eigenvalue weighted by molar-refractivity contribution is -0.383. The van der Waals surface area contributed by atoms with Gasteiger partial charge in [0.25, 0.3) is 5.69 Å². The molecule has 0 fully saturated rings. The second-order valence-corrected chi connectivity index (χ2v) is 5.94. The van der Waals surface area contributed by atoms with Gasteiger partial charge in [0.2, 0.25) is 5.91 Å². The summed E-state index contributed by atoms with van der Waals surface area (Å²) in [7, 11) is 0. The molecule has 0 radical (unpaired) electrons. The number of non-ortho nitro benzene ring substituents is 1. The van der Waals surface area contributed by atoms with Gasteiger partial charge in [-0.25, -0.2) is 0 Å². The zero-order chi connectivity index (χ0) is 19.4. The van der Waals surface area contributed by atoms with Crippen molar-refractivity contribution in [2.24, 2.45) is 0 Å². The fourth-order valence-corrected chi connectivity index (χ4v) is 2.84. The topological polar surface area (TPSA) is 105 Å². The summed E-state index contributed by atoms with van der Waals surface area (Å²) in [5.74, 6) is -0.534. The van der Waals surface area contributed by atoms with Crippen molar-refractivity contribution in [3.8, 4) is 5.75 Å². The normalized spacial score (nSPS) is 12.2. The van der Waals surface area contributed by atoms with Gasteiger partial charge in [0.15, 0.2) is 0 Å². The Morgan fingerprint density at radius 1 is 1.26 bits per heavy atom. The van der Waals surface area contributed by atoms with Crippen LogP contribution in [0.25, 0.3) is 17.0 Å². The Kier molecular flexibility index (Phi) is 5.12. The van der Waals surface area contributed by atoms with E-state index in [0.29, 0.717) is 0 Å². The second-order valence-electron chi connectivity index (χ2n) is 5.94. The fourth-order valence-electron chi connectivity index (χ4n) is 2.84. The van der Waals surface area contributed by atoms with Gasteiger partial charge in [0, 0.05) is 24.8 Å². The molecular weight excluding hydrogens is 346 g/mol. The van der Waals surface area contributed by atoms with Gasteiger partial charge in [-0.05, 0) is 17.7 Å². The first kappa shape index (κ1) is 18.1. The Balaban J connectivity index is 2.15. The van der Waals surface area contributed by atoms with Crippen molar-refractivity contribution in [2.45, 2.75) is 13.0 Å². The van der Waals surface area contributed by atoms with E-state index >= 15 is 0 Å². The summed E-state index contributed by atoms with van der Waals surface area (Å²) < 4.78 is 0. The number of carbonyl (C=O) groups is 1. The van der Waals surface area contributed by atoms with Crippen molar-refractivity contribution >= 4 is 28.6 Å². The molecule has 2 N–H and O–H groups in total. The van der Waals surface area contributed by atoms with Gasteiger partial charge in [0.1, 0.15) is 11.3 Å². The van der Waals surface area contributed by atoms with Crippen LogP contribution in [0.3, 0.4) is 0 Å². The third kappa shape index (κ3) is 3.92. The highest BCUT2D eigenvalue weighted by Gasteiger charge is 2.23. The molecule has 136 valence electrons. The third-order valence-corrected chi connectivity index (χ3v) is 4.04. The molecule has 3 rings (SSSR count). The van der Waals surface area contributed by atoms with Crippen molar-refractivity contribution in [2.75, 3.05) is 0 Å². The number of carbonyl (C=O) groups excluding carboxylic acids is 1. The quantitative estimate of drug-likeness (QED) is 0.531. The van der Waals surface area contributed by atoms with E-state index in [0.717, 1.165) is 5.56 Å². The first-order chi connectivity index (χ1) is 13.0. The van der Waals surface area contributed by atoms with Crippen molar-refractivity contribution in [3.05, 3.63) is 82.0 Å². The van der Waals surface area contributed by atoms with Gasteiger partial charge in [-0.2, -0.15) is 0 Å². The van der Waals surface area contributed by atoms with E-state index in [2.05, 4.69) is 10.3 Å². The summed E-state index contributed by atoms with van der Waals surface area (Å²) in [6.45, 7) is 1.34. The molecule has 1 aromatic heterocycles. The number of aromatic hydroxyl groups is 1. The summed E-state index contributed by atoms with van der Waals surface area (Å²) in [5.41, 5.74) is 1.02. The molecule has 27 heavy (non-hydrogen) atoms. The van der Waals surface area contributed by atoms with Crippen molar-refractivity contribution in [1.82, 2.24) is 10.3 Å². The minimum atomic E-state index is -0.757. The highest BCUT2D eigenvalue weighted by molar-refractivity contribution is 5.93. The second kappa shape index (κ2) is 7.65. The van der Waals surface area contributed by atoms with Crippen LogP contribution in [0.5, 0.6) is 5.75 Å². The largest absolute Gasteiger partial charge is 0.505 e. The molecule has 0 bridgehead atoms. The Hall–Kier alpha value is -3.74. The highest BCUT2D eigenvalue weighted by Crippen LogP contribution is 2.38. The van der Waals surface area contributed by atoms with Crippen LogP contribution in [0.2, 0.25) is 0 Å². The van der Waals surface area contributed by atoms with E-state index in [9.17, 15) is 20.0 Å². The van der Waals surface area contributed by atoms with E-state index < -0.39 is 11.0 Å². The first-order valence-electron chi connectivity index (χ1n) is 8.22. The monoisotopic (exact) mass is 363 g/mol. The van der Waals surface area contributed by atoms with Crippen LogP contribution in [-0.2, 0) is 4.79 Å². The number of fused-ring (bicyclic) bond motifs is 1. The molecular formula is C20H17N3O4. The molecule has 0 aliphatic carbocycles. The van der Waals surface area contributed by atoms with Gasteiger partial charge in [-0.15, -0.1) is 0 Å². The standard InChI is InChI=1S/C20H17N3O4/c1-13(24)22-17(10-9-14-6-3-2-4-7-14)16-12-18(23(26)27)15-8-5-11-21-19(15)20(16)25/h2-12,17,25H,1H3,(H,22,24)/b10-9+/t17-/m0/s1. The maximum absolute atomic E-state index is 11.7. The SMILES string of the molecule is CC(=O)N[C@@H](/C=C/c1ccccc1)c1cc([N+](=O)[O-])c2cccnc2c1O. The summed E-state index contributed by atoms with van der Waals surface area (Å²) >= 11 is 0. The van der Waals surface area contributed by atoms with Gasteiger partial charge in [-0.1, -0.05) is 42.5 Å². The molecule has 0 unspecified atom stereocenters. The number of nitro benzene ring substituents is 1. The molecule has 7 heteroatoms. The van der Waals surface area contributed by atoms with Crippen LogP contribution in [0.1, 0.15) is 24.1 Å². The molecule has 3 aromatic rings. The molecule has 0 saturated carbocycles. The number of phenolic OH excluding ortho intramolecular Hbond substituents is 1. The molecule has 0 aliphatic rings. The summed E-state index contributed by atoms with van der Waals surface area (Å²) in [6, 6.07) is 13.0. The van der Waals surface area contributed by atoms with E-state index in [1.165, 1.54) is 25.3 Å². The molecule has 1 atom stereocenters. The number of aromatic nitrogens is 1.